The molecule has 0 aliphatic heterocycles. The van der Waals surface area contributed by atoms with E-state index in [9.17, 15) is 12.8 Å². The first kappa shape index (κ1) is 14.7. The summed E-state index contributed by atoms with van der Waals surface area (Å²) in [7, 11) is -3.34. The average molecular weight is 300 g/mol. The third kappa shape index (κ3) is 5.21. The average Bonchev–Trinajstić information content (AvgIpc) is 2.28. The first-order chi connectivity index (χ1) is 7.94. The molecule has 0 saturated carbocycles. The Kier molecular flexibility index (Phi) is 5.66. The first-order valence-corrected chi connectivity index (χ1v) is 7.48. The SMILES string of the molecule is O=S(=O)(CCCCl)NCc1ccc(F)c(Cl)c1. The monoisotopic (exact) mass is 299 g/mol. The Hall–Kier alpha value is -0.360. The van der Waals surface area contributed by atoms with Crippen molar-refractivity contribution in [3.8, 4) is 0 Å². The minimum Gasteiger partial charge on any atom is -0.212 e. The van der Waals surface area contributed by atoms with Crippen LogP contribution in [0, 0.1) is 5.82 Å². The number of hydrogen-bond donors (Lipinski definition) is 1. The number of rotatable bonds is 6. The summed E-state index contributed by atoms with van der Waals surface area (Å²) < 4.78 is 38.1. The van der Waals surface area contributed by atoms with E-state index in [1.54, 1.807) is 0 Å². The van der Waals surface area contributed by atoms with Gasteiger partial charge in [0.05, 0.1) is 10.8 Å². The van der Waals surface area contributed by atoms with Crippen molar-refractivity contribution in [1.29, 1.82) is 0 Å². The molecule has 0 spiro atoms. The summed E-state index contributed by atoms with van der Waals surface area (Å²) in [5.74, 6) is -0.255. The van der Waals surface area contributed by atoms with Crippen LogP contribution in [0.15, 0.2) is 18.2 Å². The van der Waals surface area contributed by atoms with Gasteiger partial charge in [0.1, 0.15) is 5.82 Å². The van der Waals surface area contributed by atoms with E-state index in [0.717, 1.165) is 0 Å². The van der Waals surface area contributed by atoms with Gasteiger partial charge in [-0.15, -0.1) is 11.6 Å². The molecule has 17 heavy (non-hydrogen) atoms. The highest BCUT2D eigenvalue weighted by molar-refractivity contribution is 7.89. The Labute approximate surface area is 110 Å². The van der Waals surface area contributed by atoms with Gasteiger partial charge >= 0.3 is 0 Å². The van der Waals surface area contributed by atoms with Crippen molar-refractivity contribution in [3.63, 3.8) is 0 Å². The second-order valence-corrected chi connectivity index (χ2v) is 6.14. The van der Waals surface area contributed by atoms with Crippen molar-refractivity contribution in [1.82, 2.24) is 4.72 Å². The summed E-state index contributed by atoms with van der Waals surface area (Å²) in [6, 6.07) is 4.07. The van der Waals surface area contributed by atoms with E-state index in [2.05, 4.69) is 4.72 Å². The molecule has 1 aromatic rings. The predicted octanol–water partition coefficient (Wildman–Crippen LogP) is 2.53. The lowest BCUT2D eigenvalue weighted by Gasteiger charge is -2.06. The Morgan fingerprint density at radius 1 is 1.35 bits per heavy atom. The molecular weight excluding hydrogens is 288 g/mol. The van der Waals surface area contributed by atoms with Crippen molar-refractivity contribution in [2.24, 2.45) is 0 Å². The molecule has 1 rings (SSSR count). The topological polar surface area (TPSA) is 46.2 Å². The summed E-state index contributed by atoms with van der Waals surface area (Å²) in [6.07, 6.45) is 0.390. The highest BCUT2D eigenvalue weighted by atomic mass is 35.5. The number of halogens is 3. The number of benzene rings is 1. The molecule has 0 atom stereocenters. The fourth-order valence-electron chi connectivity index (χ4n) is 1.16. The van der Waals surface area contributed by atoms with Crippen LogP contribution >= 0.6 is 23.2 Å². The lowest BCUT2D eigenvalue weighted by Crippen LogP contribution is -2.26. The van der Waals surface area contributed by atoms with E-state index in [1.165, 1.54) is 18.2 Å². The molecule has 1 N–H and O–H groups in total. The third-order valence-electron chi connectivity index (χ3n) is 2.03. The van der Waals surface area contributed by atoms with Crippen molar-refractivity contribution in [2.75, 3.05) is 11.6 Å². The maximum Gasteiger partial charge on any atom is 0.211 e. The van der Waals surface area contributed by atoms with Gasteiger partial charge in [0, 0.05) is 12.4 Å². The second-order valence-electron chi connectivity index (χ2n) is 3.43. The van der Waals surface area contributed by atoms with Crippen molar-refractivity contribution >= 4 is 33.2 Å². The van der Waals surface area contributed by atoms with Gasteiger partial charge < -0.3 is 0 Å². The minimum absolute atomic E-state index is 0.0224. The minimum atomic E-state index is -3.34. The van der Waals surface area contributed by atoms with E-state index < -0.39 is 15.8 Å². The standard InChI is InChI=1S/C10H12Cl2FNO2S/c11-4-1-5-17(15,16)14-7-8-2-3-10(13)9(12)6-8/h2-3,6,14H,1,4-5,7H2. The summed E-state index contributed by atoms with van der Waals surface area (Å²) in [5, 5.41) is -0.0255. The Morgan fingerprint density at radius 2 is 2.06 bits per heavy atom. The summed E-state index contributed by atoms with van der Waals surface area (Å²) in [5.41, 5.74) is 0.603. The predicted molar refractivity (Wildman–Crippen MR) is 67.4 cm³/mol. The maximum absolute atomic E-state index is 12.9. The van der Waals surface area contributed by atoms with Gasteiger partial charge in [0.25, 0.3) is 0 Å². The van der Waals surface area contributed by atoms with E-state index in [4.69, 9.17) is 23.2 Å². The van der Waals surface area contributed by atoms with Crippen LogP contribution in [0.2, 0.25) is 5.02 Å². The second kappa shape index (κ2) is 6.54. The number of sulfonamides is 1. The summed E-state index contributed by atoms with van der Waals surface area (Å²) >= 11 is 11.0. The zero-order valence-corrected chi connectivity index (χ0v) is 11.2. The Bertz CT molecular complexity index is 479. The molecule has 96 valence electrons. The van der Waals surface area contributed by atoms with Gasteiger partial charge in [-0.25, -0.2) is 17.5 Å². The molecule has 0 aromatic heterocycles. The van der Waals surface area contributed by atoms with Crippen molar-refractivity contribution in [3.05, 3.63) is 34.6 Å². The maximum atomic E-state index is 12.9. The molecular formula is C10H12Cl2FNO2S. The van der Waals surface area contributed by atoms with E-state index >= 15 is 0 Å². The highest BCUT2D eigenvalue weighted by Crippen LogP contribution is 2.15. The lowest BCUT2D eigenvalue weighted by molar-refractivity contribution is 0.580. The van der Waals surface area contributed by atoms with Crippen LogP contribution in [0.25, 0.3) is 0 Å². The first-order valence-electron chi connectivity index (χ1n) is 4.92. The fourth-order valence-corrected chi connectivity index (χ4v) is 2.71. The third-order valence-corrected chi connectivity index (χ3v) is 3.99. The van der Waals surface area contributed by atoms with Crippen molar-refractivity contribution in [2.45, 2.75) is 13.0 Å². The van der Waals surface area contributed by atoms with Crippen LogP contribution in [0.1, 0.15) is 12.0 Å². The molecule has 0 saturated heterocycles. The summed E-state index contributed by atoms with van der Waals surface area (Å²) in [6.45, 7) is 0.0879. The smallest absolute Gasteiger partial charge is 0.211 e. The lowest BCUT2D eigenvalue weighted by atomic mass is 10.2. The summed E-state index contributed by atoms with van der Waals surface area (Å²) in [4.78, 5) is 0. The number of nitrogens with one attached hydrogen (secondary N) is 1. The van der Waals surface area contributed by atoms with Gasteiger partial charge in [-0.05, 0) is 24.1 Å². The normalized spacial score (nSPS) is 11.7. The van der Waals surface area contributed by atoms with Crippen LogP contribution in [-0.4, -0.2) is 20.1 Å². The molecule has 7 heteroatoms. The van der Waals surface area contributed by atoms with Gasteiger partial charge in [0.2, 0.25) is 10.0 Å². The molecule has 0 radical (unpaired) electrons. The Balaban J connectivity index is 2.58. The van der Waals surface area contributed by atoms with Crippen LogP contribution in [0.3, 0.4) is 0 Å². The van der Waals surface area contributed by atoms with E-state index in [0.29, 0.717) is 17.9 Å². The molecule has 0 fully saturated rings. The Morgan fingerprint density at radius 3 is 2.65 bits per heavy atom. The molecule has 0 amide bonds. The van der Waals surface area contributed by atoms with Crippen LogP contribution in [0.4, 0.5) is 4.39 Å². The molecule has 0 bridgehead atoms. The number of alkyl halides is 1. The van der Waals surface area contributed by atoms with E-state index in [-0.39, 0.29) is 17.3 Å². The molecule has 0 aliphatic rings. The molecule has 3 nitrogen and oxygen atoms in total. The highest BCUT2D eigenvalue weighted by Gasteiger charge is 2.09. The van der Waals surface area contributed by atoms with Crippen molar-refractivity contribution < 1.29 is 12.8 Å². The zero-order valence-electron chi connectivity index (χ0n) is 8.92. The quantitative estimate of drug-likeness (QED) is 0.821. The molecule has 0 aliphatic carbocycles. The van der Waals surface area contributed by atoms with E-state index in [1.807, 2.05) is 0 Å². The van der Waals surface area contributed by atoms with Crippen LogP contribution in [-0.2, 0) is 16.6 Å². The zero-order chi connectivity index (χ0) is 12.9. The molecule has 0 unspecified atom stereocenters. The largest absolute Gasteiger partial charge is 0.212 e. The fraction of sp³-hybridized carbons (Fsp3) is 0.400. The van der Waals surface area contributed by atoms with Crippen LogP contribution in [0.5, 0.6) is 0 Å². The van der Waals surface area contributed by atoms with Gasteiger partial charge in [-0.1, -0.05) is 17.7 Å². The molecule has 0 heterocycles. The molecule has 1 aromatic carbocycles. The van der Waals surface area contributed by atoms with Crippen LogP contribution < -0.4 is 4.72 Å². The van der Waals surface area contributed by atoms with Gasteiger partial charge in [-0.2, -0.15) is 0 Å². The van der Waals surface area contributed by atoms with Gasteiger partial charge in [0.15, 0.2) is 0 Å². The number of hydrogen-bond acceptors (Lipinski definition) is 2. The van der Waals surface area contributed by atoms with Gasteiger partial charge in [-0.3, -0.25) is 0 Å².